The van der Waals surface area contributed by atoms with Crippen molar-refractivity contribution in [2.24, 2.45) is 5.92 Å². The quantitative estimate of drug-likeness (QED) is 0.361. The van der Waals surface area contributed by atoms with Gasteiger partial charge in [0.05, 0.1) is 5.60 Å². The van der Waals surface area contributed by atoms with Crippen molar-refractivity contribution in [2.45, 2.75) is 90.6 Å². The fourth-order valence-electron chi connectivity index (χ4n) is 2.70. The van der Waals surface area contributed by atoms with Crippen LogP contribution in [0.2, 0.25) is 0 Å². The average Bonchev–Trinajstić information content (AvgIpc) is 2.41. The highest BCUT2D eigenvalue weighted by Crippen LogP contribution is 2.30. The molecule has 1 heteroatoms. The van der Waals surface area contributed by atoms with Crippen molar-refractivity contribution in [3.63, 3.8) is 0 Å². The van der Waals surface area contributed by atoms with E-state index in [0.29, 0.717) is 0 Å². The van der Waals surface area contributed by atoms with Crippen LogP contribution in [0.5, 0.6) is 0 Å². The van der Waals surface area contributed by atoms with E-state index in [4.69, 9.17) is 0 Å². The van der Waals surface area contributed by atoms with Crippen LogP contribution >= 0.6 is 0 Å². The van der Waals surface area contributed by atoms with Gasteiger partial charge in [-0.1, -0.05) is 71.8 Å². The van der Waals surface area contributed by atoms with Gasteiger partial charge in [0, 0.05) is 5.92 Å². The molecular weight excluding hydrogens is 220 g/mol. The van der Waals surface area contributed by atoms with E-state index in [-0.39, 0.29) is 5.92 Å². The first-order valence-electron chi connectivity index (χ1n) is 7.99. The molecule has 0 saturated heterocycles. The maximum Gasteiger partial charge on any atom is 0.0704 e. The van der Waals surface area contributed by atoms with Crippen LogP contribution in [0, 0.1) is 5.92 Å². The van der Waals surface area contributed by atoms with Crippen molar-refractivity contribution in [3.05, 3.63) is 12.7 Å². The molecule has 0 aliphatic rings. The first-order chi connectivity index (χ1) is 8.64. The lowest BCUT2D eigenvalue weighted by Gasteiger charge is -2.33. The number of rotatable bonds is 12. The Morgan fingerprint density at radius 1 is 0.944 bits per heavy atom. The lowest BCUT2D eigenvalue weighted by atomic mass is 9.80. The fourth-order valence-corrected chi connectivity index (χ4v) is 2.70. The highest BCUT2D eigenvalue weighted by Gasteiger charge is 2.30. The predicted octanol–water partition coefficient (Wildman–Crippen LogP) is 5.48. The Hall–Kier alpha value is -0.300. The summed E-state index contributed by atoms with van der Waals surface area (Å²) in [5, 5.41) is 10.5. The molecule has 0 saturated carbocycles. The van der Waals surface area contributed by atoms with E-state index in [2.05, 4.69) is 27.4 Å². The summed E-state index contributed by atoms with van der Waals surface area (Å²) in [6.07, 6.45) is 14.0. The van der Waals surface area contributed by atoms with Crippen molar-refractivity contribution in [3.8, 4) is 0 Å². The maximum absolute atomic E-state index is 10.5. The Morgan fingerprint density at radius 2 is 1.44 bits per heavy atom. The molecule has 1 nitrogen and oxygen atoms in total. The maximum atomic E-state index is 10.5. The Morgan fingerprint density at radius 3 is 1.89 bits per heavy atom. The van der Waals surface area contributed by atoms with Crippen LogP contribution in [0.25, 0.3) is 0 Å². The zero-order valence-corrected chi connectivity index (χ0v) is 12.9. The molecule has 1 atom stereocenters. The van der Waals surface area contributed by atoms with Gasteiger partial charge >= 0.3 is 0 Å². The largest absolute Gasteiger partial charge is 0.389 e. The van der Waals surface area contributed by atoms with Crippen molar-refractivity contribution >= 4 is 0 Å². The second kappa shape index (κ2) is 10.6. The lowest BCUT2D eigenvalue weighted by Crippen LogP contribution is -2.35. The van der Waals surface area contributed by atoms with Crippen molar-refractivity contribution in [2.75, 3.05) is 0 Å². The van der Waals surface area contributed by atoms with Crippen LogP contribution in [0.4, 0.5) is 0 Å². The molecule has 0 radical (unpaired) electrons. The van der Waals surface area contributed by atoms with Crippen LogP contribution < -0.4 is 0 Å². The van der Waals surface area contributed by atoms with Gasteiger partial charge in [0.25, 0.3) is 0 Å². The minimum absolute atomic E-state index is 0.267. The van der Waals surface area contributed by atoms with Crippen LogP contribution in [0.3, 0.4) is 0 Å². The molecule has 0 rings (SSSR count). The SMILES string of the molecule is C=CC(CCCCCCCCC)C(O)(CC)CC. The van der Waals surface area contributed by atoms with Gasteiger partial charge in [-0.25, -0.2) is 0 Å². The second-order valence-corrected chi connectivity index (χ2v) is 5.56. The smallest absolute Gasteiger partial charge is 0.0704 e. The first kappa shape index (κ1) is 17.7. The third-order valence-electron chi connectivity index (χ3n) is 4.32. The summed E-state index contributed by atoms with van der Waals surface area (Å²) in [4.78, 5) is 0. The molecule has 18 heavy (non-hydrogen) atoms. The molecule has 0 aromatic heterocycles. The van der Waals surface area contributed by atoms with E-state index in [9.17, 15) is 5.11 Å². The van der Waals surface area contributed by atoms with E-state index < -0.39 is 5.60 Å². The first-order valence-corrected chi connectivity index (χ1v) is 7.99. The third kappa shape index (κ3) is 6.58. The Balaban J connectivity index is 3.77. The van der Waals surface area contributed by atoms with Gasteiger partial charge in [0.2, 0.25) is 0 Å². The number of unbranched alkanes of at least 4 members (excludes halogenated alkanes) is 6. The highest BCUT2D eigenvalue weighted by molar-refractivity contribution is 4.94. The van der Waals surface area contributed by atoms with Gasteiger partial charge in [-0.3, -0.25) is 0 Å². The summed E-state index contributed by atoms with van der Waals surface area (Å²) in [5.41, 5.74) is -0.524. The number of hydrogen-bond donors (Lipinski definition) is 1. The van der Waals surface area contributed by atoms with E-state index in [0.717, 1.165) is 19.3 Å². The van der Waals surface area contributed by atoms with Crippen LogP contribution in [-0.2, 0) is 0 Å². The van der Waals surface area contributed by atoms with Gasteiger partial charge in [-0.2, -0.15) is 0 Å². The number of aliphatic hydroxyl groups is 1. The summed E-state index contributed by atoms with van der Waals surface area (Å²) in [5.74, 6) is 0.267. The molecule has 0 aliphatic carbocycles. The molecule has 1 unspecified atom stereocenters. The molecule has 1 N–H and O–H groups in total. The Labute approximate surface area is 115 Å². The second-order valence-electron chi connectivity index (χ2n) is 5.56. The minimum atomic E-state index is -0.524. The molecular formula is C17H34O. The van der Waals surface area contributed by atoms with Gasteiger partial charge in [-0.05, 0) is 19.3 Å². The minimum Gasteiger partial charge on any atom is -0.389 e. The van der Waals surface area contributed by atoms with Gasteiger partial charge in [-0.15, -0.1) is 6.58 Å². The summed E-state index contributed by atoms with van der Waals surface area (Å²) >= 11 is 0. The fraction of sp³-hybridized carbons (Fsp3) is 0.882. The molecule has 0 aromatic rings. The predicted molar refractivity (Wildman–Crippen MR) is 81.8 cm³/mol. The topological polar surface area (TPSA) is 20.2 Å². The average molecular weight is 254 g/mol. The summed E-state index contributed by atoms with van der Waals surface area (Å²) in [6.45, 7) is 10.3. The Kier molecular flexibility index (Phi) is 10.4. The van der Waals surface area contributed by atoms with Crippen molar-refractivity contribution in [1.29, 1.82) is 0 Å². The molecule has 0 fully saturated rings. The zero-order chi connectivity index (χ0) is 13.9. The monoisotopic (exact) mass is 254 g/mol. The van der Waals surface area contributed by atoms with Gasteiger partial charge in [0.1, 0.15) is 0 Å². The van der Waals surface area contributed by atoms with Gasteiger partial charge in [0.15, 0.2) is 0 Å². The molecule has 108 valence electrons. The number of hydrogen-bond acceptors (Lipinski definition) is 1. The Bertz CT molecular complexity index is 194. The van der Waals surface area contributed by atoms with E-state index in [1.165, 1.54) is 44.9 Å². The highest BCUT2D eigenvalue weighted by atomic mass is 16.3. The zero-order valence-electron chi connectivity index (χ0n) is 12.9. The van der Waals surface area contributed by atoms with E-state index >= 15 is 0 Å². The van der Waals surface area contributed by atoms with Crippen LogP contribution in [0.15, 0.2) is 12.7 Å². The van der Waals surface area contributed by atoms with Crippen molar-refractivity contribution < 1.29 is 5.11 Å². The molecule has 0 bridgehead atoms. The van der Waals surface area contributed by atoms with E-state index in [1.54, 1.807) is 0 Å². The normalized spacial score (nSPS) is 13.6. The van der Waals surface area contributed by atoms with Crippen molar-refractivity contribution in [1.82, 2.24) is 0 Å². The molecule has 0 spiro atoms. The van der Waals surface area contributed by atoms with Crippen LogP contribution in [0.1, 0.15) is 85.0 Å². The molecule has 0 amide bonds. The molecule has 0 aliphatic heterocycles. The summed E-state index contributed by atoms with van der Waals surface area (Å²) in [7, 11) is 0. The van der Waals surface area contributed by atoms with E-state index in [1.807, 2.05) is 6.08 Å². The standard InChI is InChI=1S/C17H34O/c1-5-9-10-11-12-13-14-15-16(6-2)17(18,7-3)8-4/h6,16,18H,2,5,7-15H2,1,3-4H3. The summed E-state index contributed by atoms with van der Waals surface area (Å²) in [6, 6.07) is 0. The molecule has 0 aromatic carbocycles. The van der Waals surface area contributed by atoms with Crippen LogP contribution in [-0.4, -0.2) is 10.7 Å². The third-order valence-corrected chi connectivity index (χ3v) is 4.32. The lowest BCUT2D eigenvalue weighted by molar-refractivity contribution is -0.0115. The van der Waals surface area contributed by atoms with Gasteiger partial charge < -0.3 is 5.11 Å². The molecule has 0 heterocycles. The summed E-state index contributed by atoms with van der Waals surface area (Å²) < 4.78 is 0.